The van der Waals surface area contributed by atoms with E-state index >= 15 is 0 Å². The summed E-state index contributed by atoms with van der Waals surface area (Å²) in [5.41, 5.74) is 2.54. The predicted molar refractivity (Wildman–Crippen MR) is 140 cm³/mol. The minimum atomic E-state index is -3.75. The molecule has 0 atom stereocenters. The van der Waals surface area contributed by atoms with Gasteiger partial charge in [-0.3, -0.25) is 9.10 Å². The topological polar surface area (TPSA) is 71.7 Å². The highest BCUT2D eigenvalue weighted by Crippen LogP contribution is 2.33. The van der Waals surface area contributed by atoms with E-state index in [4.69, 9.17) is 29.6 Å². The van der Waals surface area contributed by atoms with E-state index in [0.717, 1.165) is 10.3 Å². The van der Waals surface area contributed by atoms with Gasteiger partial charge < -0.3 is 4.57 Å². The number of carbonyl (C=O) groups excluding carboxylic acids is 1. The number of amides is 1. The average molecular weight is 542 g/mol. The number of anilines is 1. The van der Waals surface area contributed by atoms with Crippen molar-refractivity contribution in [3.63, 3.8) is 0 Å². The van der Waals surface area contributed by atoms with E-state index in [-0.39, 0.29) is 17.0 Å². The molecule has 5 rings (SSSR count). The second kappa shape index (κ2) is 9.17. The Hall–Kier alpha value is -3.09. The van der Waals surface area contributed by atoms with E-state index < -0.39 is 15.9 Å². The first-order valence-corrected chi connectivity index (χ1v) is 13.5. The molecule has 6 nitrogen and oxygen atoms in total. The normalized spacial score (nSPS) is 13.7. The molecule has 0 radical (unpaired) electrons. The fraction of sp³-hybridized carbons (Fsp3) is 0.120. The van der Waals surface area contributed by atoms with E-state index in [1.54, 1.807) is 22.8 Å². The Morgan fingerprint density at radius 1 is 1.09 bits per heavy atom. The molecule has 0 saturated carbocycles. The van der Waals surface area contributed by atoms with Crippen LogP contribution in [0.2, 0.25) is 10.0 Å². The van der Waals surface area contributed by atoms with Crippen molar-refractivity contribution in [3.05, 3.63) is 86.6 Å². The molecule has 1 aliphatic rings. The lowest BCUT2D eigenvalue weighted by atomic mass is 10.2. The van der Waals surface area contributed by atoms with E-state index in [0.29, 0.717) is 39.0 Å². The Balaban J connectivity index is 1.49. The van der Waals surface area contributed by atoms with Gasteiger partial charge in [-0.05, 0) is 54.4 Å². The maximum Gasteiger partial charge on any atom is 0.279 e. The third-order valence-electron chi connectivity index (χ3n) is 5.71. The van der Waals surface area contributed by atoms with Gasteiger partial charge in [0.15, 0.2) is 4.80 Å². The number of rotatable bonds is 4. The third kappa shape index (κ3) is 4.15. The number of para-hydroxylation sites is 1. The largest absolute Gasteiger partial charge is 0.303 e. The first-order valence-electron chi connectivity index (χ1n) is 10.5. The van der Waals surface area contributed by atoms with Crippen LogP contribution >= 0.6 is 34.5 Å². The summed E-state index contributed by atoms with van der Waals surface area (Å²) in [5, 5.41) is 0.709. The van der Waals surface area contributed by atoms with E-state index in [1.165, 1.54) is 39.9 Å². The van der Waals surface area contributed by atoms with Crippen LogP contribution in [0.4, 0.5) is 5.69 Å². The van der Waals surface area contributed by atoms with Crippen LogP contribution in [0.3, 0.4) is 0 Å². The van der Waals surface area contributed by atoms with Gasteiger partial charge in [0.2, 0.25) is 0 Å². The molecular formula is C25H17Cl2N3O3S2. The fourth-order valence-electron chi connectivity index (χ4n) is 4.03. The second-order valence-corrected chi connectivity index (χ2v) is 11.4. The molecule has 35 heavy (non-hydrogen) atoms. The molecule has 1 amide bonds. The maximum atomic E-state index is 13.2. The predicted octanol–water partition coefficient (Wildman–Crippen LogP) is 5.14. The van der Waals surface area contributed by atoms with Crippen LogP contribution < -0.4 is 9.11 Å². The van der Waals surface area contributed by atoms with E-state index in [2.05, 4.69) is 10.9 Å². The maximum absolute atomic E-state index is 13.2. The molecule has 0 saturated heterocycles. The van der Waals surface area contributed by atoms with Crippen LogP contribution in [0.1, 0.15) is 15.9 Å². The number of hydrogen-bond donors (Lipinski definition) is 0. The van der Waals surface area contributed by atoms with Gasteiger partial charge in [0.05, 0.1) is 37.4 Å². The van der Waals surface area contributed by atoms with Crippen molar-refractivity contribution in [1.82, 2.24) is 4.57 Å². The smallest absolute Gasteiger partial charge is 0.279 e. The summed E-state index contributed by atoms with van der Waals surface area (Å²) in [6.45, 7) is 0.534. The third-order valence-corrected chi connectivity index (χ3v) is 9.38. The van der Waals surface area contributed by atoms with Gasteiger partial charge in [0.1, 0.15) is 0 Å². The molecular weight excluding hydrogens is 525 g/mol. The monoisotopic (exact) mass is 541 g/mol. The lowest BCUT2D eigenvalue weighted by molar-refractivity contribution is 0.0998. The second-order valence-electron chi connectivity index (χ2n) is 7.78. The zero-order chi connectivity index (χ0) is 24.7. The van der Waals surface area contributed by atoms with Crippen LogP contribution in [-0.2, 0) is 23.0 Å². The molecule has 0 N–H and O–H groups in total. The standard InChI is InChI=1S/C25H17Cl2N3O3S2/c1-2-14-29-23-21(12-11-19(26)22(23)27)34-25(29)28-24(31)17-7-9-18(10-8-17)35(32,33)30-15-13-16-5-3-4-6-20(16)30/h1,3-12H,13-15H2. The van der Waals surface area contributed by atoms with Gasteiger partial charge in [0, 0.05) is 12.1 Å². The van der Waals surface area contributed by atoms with E-state index in [1.807, 2.05) is 18.2 Å². The molecule has 0 fully saturated rings. The first-order chi connectivity index (χ1) is 16.8. The zero-order valence-electron chi connectivity index (χ0n) is 18.1. The molecule has 1 aromatic heterocycles. The van der Waals surface area contributed by atoms with Crippen molar-refractivity contribution in [1.29, 1.82) is 0 Å². The molecule has 1 aliphatic heterocycles. The Kier molecular flexibility index (Phi) is 6.20. The summed E-state index contributed by atoms with van der Waals surface area (Å²) in [4.78, 5) is 17.7. The lowest BCUT2D eigenvalue weighted by Gasteiger charge is -2.19. The molecule has 0 spiro atoms. The average Bonchev–Trinajstić information content (AvgIpc) is 3.44. The molecule has 0 unspecified atom stereocenters. The summed E-state index contributed by atoms with van der Waals surface area (Å²) >= 11 is 13.8. The number of fused-ring (bicyclic) bond motifs is 2. The Morgan fingerprint density at radius 3 is 2.57 bits per heavy atom. The van der Waals surface area contributed by atoms with Crippen molar-refractivity contribution < 1.29 is 13.2 Å². The Labute approximate surface area is 216 Å². The van der Waals surface area contributed by atoms with Crippen molar-refractivity contribution in [2.24, 2.45) is 4.99 Å². The number of terminal acetylenes is 1. The SMILES string of the molecule is C#CCn1c(=NC(=O)c2ccc(S(=O)(=O)N3CCc4ccccc43)cc2)sc2ccc(Cl)c(Cl)c21. The summed E-state index contributed by atoms with van der Waals surface area (Å²) in [6.07, 6.45) is 6.18. The summed E-state index contributed by atoms with van der Waals surface area (Å²) in [7, 11) is -3.75. The molecule has 10 heteroatoms. The molecule has 4 aromatic rings. The van der Waals surface area contributed by atoms with Gasteiger partial charge in [-0.15, -0.1) is 6.42 Å². The van der Waals surface area contributed by atoms with Crippen LogP contribution in [0.15, 0.2) is 70.6 Å². The minimum absolute atomic E-state index is 0.108. The summed E-state index contributed by atoms with van der Waals surface area (Å²) < 4.78 is 30.3. The first kappa shape index (κ1) is 23.6. The fourth-order valence-corrected chi connectivity index (χ4v) is 7.05. The molecule has 2 heterocycles. The molecule has 3 aromatic carbocycles. The van der Waals surface area contributed by atoms with Crippen molar-refractivity contribution in [2.45, 2.75) is 17.9 Å². The van der Waals surface area contributed by atoms with Gasteiger partial charge in [-0.1, -0.05) is 58.7 Å². The quantitative estimate of drug-likeness (QED) is 0.336. The summed E-state index contributed by atoms with van der Waals surface area (Å²) in [5.74, 6) is 2.02. The van der Waals surface area contributed by atoms with Crippen molar-refractivity contribution in [2.75, 3.05) is 10.8 Å². The Morgan fingerprint density at radius 2 is 1.83 bits per heavy atom. The summed E-state index contributed by atoms with van der Waals surface area (Å²) in [6, 6.07) is 16.7. The Bertz CT molecular complexity index is 1700. The number of aromatic nitrogens is 1. The number of hydrogen-bond acceptors (Lipinski definition) is 4. The van der Waals surface area contributed by atoms with Crippen LogP contribution in [0, 0.1) is 12.3 Å². The highest BCUT2D eigenvalue weighted by atomic mass is 35.5. The molecule has 176 valence electrons. The van der Waals surface area contributed by atoms with Gasteiger partial charge in [0.25, 0.3) is 15.9 Å². The highest BCUT2D eigenvalue weighted by Gasteiger charge is 2.30. The van der Waals surface area contributed by atoms with Crippen LogP contribution in [0.25, 0.3) is 10.2 Å². The van der Waals surface area contributed by atoms with Crippen molar-refractivity contribution in [3.8, 4) is 12.3 Å². The zero-order valence-corrected chi connectivity index (χ0v) is 21.3. The van der Waals surface area contributed by atoms with Crippen molar-refractivity contribution >= 4 is 66.4 Å². The number of nitrogens with zero attached hydrogens (tertiary/aromatic N) is 3. The van der Waals surface area contributed by atoms with Crippen LogP contribution in [-0.4, -0.2) is 25.4 Å². The van der Waals surface area contributed by atoms with E-state index in [9.17, 15) is 13.2 Å². The number of sulfonamides is 1. The van der Waals surface area contributed by atoms with Gasteiger partial charge in [-0.25, -0.2) is 8.42 Å². The van der Waals surface area contributed by atoms with Crippen LogP contribution in [0.5, 0.6) is 0 Å². The number of thiazole rings is 1. The molecule has 0 aliphatic carbocycles. The van der Waals surface area contributed by atoms with Gasteiger partial charge >= 0.3 is 0 Å². The lowest BCUT2D eigenvalue weighted by Crippen LogP contribution is -2.29. The van der Waals surface area contributed by atoms with Gasteiger partial charge in [-0.2, -0.15) is 4.99 Å². The number of carbonyl (C=O) groups is 1. The number of halogens is 2. The molecule has 0 bridgehead atoms. The number of benzene rings is 3. The highest BCUT2D eigenvalue weighted by molar-refractivity contribution is 7.92. The minimum Gasteiger partial charge on any atom is -0.303 e.